The number of nitrogens with zero attached hydrogens (tertiary/aromatic N) is 1. The van der Waals surface area contributed by atoms with Crippen LogP contribution < -0.4 is 0 Å². The quantitative estimate of drug-likeness (QED) is 0.293. The molecule has 0 radical (unpaired) electrons. The zero-order chi connectivity index (χ0) is 21.3. The number of carbonyl (C=O) groups is 5. The number of hydrogen-bond acceptors (Lipinski definition) is 8. The molecule has 9 nitrogen and oxygen atoms in total. The van der Waals surface area contributed by atoms with Crippen LogP contribution in [0.5, 0.6) is 0 Å². The Morgan fingerprint density at radius 2 is 1.68 bits per heavy atom. The predicted octanol–water partition coefficient (Wildman–Crippen LogP) is 1.72. The van der Waals surface area contributed by atoms with Gasteiger partial charge in [0.2, 0.25) is 0 Å². The molecule has 9 heteroatoms. The molecule has 1 unspecified atom stereocenters. The molecule has 2 amide bonds. The fraction of sp³-hybridized carbons (Fsp3) is 0.737. The molecule has 158 valence electrons. The molecule has 0 aliphatic carbocycles. The molecule has 0 N–H and O–H groups in total. The van der Waals surface area contributed by atoms with Crippen molar-refractivity contribution in [1.82, 2.24) is 5.06 Å². The molecule has 0 saturated carbocycles. The van der Waals surface area contributed by atoms with Crippen LogP contribution in [-0.4, -0.2) is 53.4 Å². The lowest BCUT2D eigenvalue weighted by Crippen LogP contribution is -2.33. The van der Waals surface area contributed by atoms with Gasteiger partial charge in [-0.2, -0.15) is 0 Å². The minimum absolute atomic E-state index is 0.000972. The first-order valence-electron chi connectivity index (χ1n) is 9.42. The monoisotopic (exact) mass is 399 g/mol. The summed E-state index contributed by atoms with van der Waals surface area (Å²) in [5.41, 5.74) is -0.737. The number of ketones is 1. The maximum absolute atomic E-state index is 12.4. The number of amides is 2. The van der Waals surface area contributed by atoms with Crippen molar-refractivity contribution in [2.45, 2.75) is 71.8 Å². The molecule has 0 aromatic rings. The minimum atomic E-state index is -0.828. The summed E-state index contributed by atoms with van der Waals surface area (Å²) in [6, 6.07) is 0. The van der Waals surface area contributed by atoms with Crippen LogP contribution in [0.3, 0.4) is 0 Å². The van der Waals surface area contributed by atoms with E-state index in [0.717, 1.165) is 0 Å². The summed E-state index contributed by atoms with van der Waals surface area (Å²) in [4.78, 5) is 64.3. The van der Waals surface area contributed by atoms with Gasteiger partial charge in [-0.15, -0.1) is 5.06 Å². The number of Topliss-reactive ketones (excluding diaryl/α,β-unsaturated/α-hetero) is 1. The molecule has 1 rings (SSSR count). The Labute approximate surface area is 164 Å². The Hall–Kier alpha value is -2.29. The zero-order valence-electron chi connectivity index (χ0n) is 16.9. The van der Waals surface area contributed by atoms with E-state index >= 15 is 0 Å². The third kappa shape index (κ3) is 8.60. The molecule has 28 heavy (non-hydrogen) atoms. The van der Waals surface area contributed by atoms with E-state index in [9.17, 15) is 24.0 Å². The first kappa shape index (κ1) is 23.7. The molecular weight excluding hydrogens is 370 g/mol. The highest BCUT2D eigenvalue weighted by Gasteiger charge is 2.33. The van der Waals surface area contributed by atoms with Crippen LogP contribution in [0.2, 0.25) is 0 Å². The highest BCUT2D eigenvalue weighted by atomic mass is 16.7. The Morgan fingerprint density at radius 1 is 1.07 bits per heavy atom. The SMILES string of the molecule is CCOCCC(=O)CC(CCC(=O)ON1C(=O)CCC1=O)C(=O)OC(C)(C)C. The van der Waals surface area contributed by atoms with Crippen molar-refractivity contribution < 1.29 is 38.3 Å². The summed E-state index contributed by atoms with van der Waals surface area (Å²) >= 11 is 0. The van der Waals surface area contributed by atoms with E-state index in [2.05, 4.69) is 0 Å². The Balaban J connectivity index is 2.63. The Kier molecular flexibility index (Phi) is 9.24. The molecule has 0 spiro atoms. The standard InChI is InChI=1S/C19H29NO8/c1-5-26-11-10-14(21)12-13(18(25)27-19(2,3)4)6-9-17(24)28-20-15(22)7-8-16(20)23/h13H,5-12H2,1-4H3. The van der Waals surface area contributed by atoms with Crippen molar-refractivity contribution in [3.63, 3.8) is 0 Å². The third-order valence-corrected chi connectivity index (χ3v) is 3.84. The summed E-state index contributed by atoms with van der Waals surface area (Å²) < 4.78 is 10.5. The molecule has 0 bridgehead atoms. The van der Waals surface area contributed by atoms with Crippen molar-refractivity contribution in [2.75, 3.05) is 13.2 Å². The van der Waals surface area contributed by atoms with Gasteiger partial charge in [0.15, 0.2) is 0 Å². The van der Waals surface area contributed by atoms with Gasteiger partial charge in [0.25, 0.3) is 11.8 Å². The normalized spacial score (nSPS) is 15.5. The largest absolute Gasteiger partial charge is 0.460 e. The van der Waals surface area contributed by atoms with E-state index in [0.29, 0.717) is 11.7 Å². The van der Waals surface area contributed by atoms with Crippen molar-refractivity contribution in [3.8, 4) is 0 Å². The molecule has 1 fully saturated rings. The lowest BCUT2D eigenvalue weighted by atomic mass is 9.95. The summed E-state index contributed by atoms with van der Waals surface area (Å²) in [6.45, 7) is 7.68. The smallest absolute Gasteiger partial charge is 0.333 e. The van der Waals surface area contributed by atoms with E-state index in [1.165, 1.54) is 0 Å². The first-order chi connectivity index (χ1) is 13.0. The maximum atomic E-state index is 12.4. The number of rotatable bonds is 11. The van der Waals surface area contributed by atoms with Crippen LogP contribution in [0.1, 0.15) is 66.2 Å². The molecular formula is C19H29NO8. The minimum Gasteiger partial charge on any atom is -0.460 e. The fourth-order valence-corrected chi connectivity index (χ4v) is 2.49. The lowest BCUT2D eigenvalue weighted by molar-refractivity contribution is -0.197. The number of ether oxygens (including phenoxy) is 2. The Bertz CT molecular complexity index is 592. The van der Waals surface area contributed by atoms with Crippen LogP contribution in [-0.2, 0) is 38.3 Å². The summed E-state index contributed by atoms with van der Waals surface area (Å²) in [6.07, 6.45) is -0.156. The van der Waals surface area contributed by atoms with Gasteiger partial charge in [-0.25, -0.2) is 4.79 Å². The average Bonchev–Trinajstić information content (AvgIpc) is 2.89. The van der Waals surface area contributed by atoms with Crippen molar-refractivity contribution in [3.05, 3.63) is 0 Å². The second kappa shape index (κ2) is 10.9. The molecule has 1 heterocycles. The zero-order valence-corrected chi connectivity index (χ0v) is 16.9. The van der Waals surface area contributed by atoms with Crippen LogP contribution >= 0.6 is 0 Å². The first-order valence-corrected chi connectivity index (χ1v) is 9.42. The van der Waals surface area contributed by atoms with E-state index in [4.69, 9.17) is 14.3 Å². The van der Waals surface area contributed by atoms with Gasteiger partial charge < -0.3 is 14.3 Å². The topological polar surface area (TPSA) is 116 Å². The Morgan fingerprint density at radius 3 is 2.21 bits per heavy atom. The molecule has 0 aromatic heterocycles. The summed E-state index contributed by atoms with van der Waals surface area (Å²) in [5, 5.41) is 0.456. The van der Waals surface area contributed by atoms with E-state index in [-0.39, 0.29) is 50.9 Å². The van der Waals surface area contributed by atoms with Gasteiger partial charge in [0, 0.05) is 38.7 Å². The second-order valence-corrected chi connectivity index (χ2v) is 7.50. The molecule has 1 aliphatic rings. The van der Waals surface area contributed by atoms with Gasteiger partial charge in [-0.05, 0) is 34.1 Å². The number of hydroxylamine groups is 2. The lowest BCUT2D eigenvalue weighted by Gasteiger charge is -2.23. The highest BCUT2D eigenvalue weighted by Crippen LogP contribution is 2.20. The third-order valence-electron chi connectivity index (χ3n) is 3.84. The summed E-state index contributed by atoms with van der Waals surface area (Å²) in [5.74, 6) is -3.56. The van der Waals surface area contributed by atoms with Gasteiger partial charge in [0.05, 0.1) is 12.5 Å². The molecule has 0 aromatic carbocycles. The number of esters is 1. The van der Waals surface area contributed by atoms with Crippen molar-refractivity contribution in [1.29, 1.82) is 0 Å². The van der Waals surface area contributed by atoms with Crippen LogP contribution in [0.4, 0.5) is 0 Å². The van der Waals surface area contributed by atoms with Crippen molar-refractivity contribution in [2.24, 2.45) is 5.92 Å². The summed E-state index contributed by atoms with van der Waals surface area (Å²) in [7, 11) is 0. The van der Waals surface area contributed by atoms with Gasteiger partial charge in [0.1, 0.15) is 11.4 Å². The van der Waals surface area contributed by atoms with Crippen LogP contribution in [0.15, 0.2) is 0 Å². The number of imide groups is 1. The van der Waals surface area contributed by atoms with E-state index in [1.807, 2.05) is 6.92 Å². The van der Waals surface area contributed by atoms with Gasteiger partial charge in [-0.3, -0.25) is 19.2 Å². The number of carbonyl (C=O) groups excluding carboxylic acids is 5. The molecule has 1 saturated heterocycles. The van der Waals surface area contributed by atoms with Crippen molar-refractivity contribution >= 4 is 29.5 Å². The maximum Gasteiger partial charge on any atom is 0.333 e. The molecule has 1 atom stereocenters. The molecule has 1 aliphatic heterocycles. The fourth-order valence-electron chi connectivity index (χ4n) is 2.49. The second-order valence-electron chi connectivity index (χ2n) is 7.50. The van der Waals surface area contributed by atoms with Gasteiger partial charge >= 0.3 is 11.9 Å². The number of hydrogen-bond donors (Lipinski definition) is 0. The van der Waals surface area contributed by atoms with Gasteiger partial charge in [-0.1, -0.05) is 0 Å². The predicted molar refractivity (Wildman–Crippen MR) is 96.5 cm³/mol. The van der Waals surface area contributed by atoms with Crippen LogP contribution in [0.25, 0.3) is 0 Å². The average molecular weight is 399 g/mol. The van der Waals surface area contributed by atoms with E-state index < -0.39 is 35.3 Å². The highest BCUT2D eigenvalue weighted by molar-refractivity contribution is 6.01. The van der Waals surface area contributed by atoms with E-state index in [1.54, 1.807) is 20.8 Å². The van der Waals surface area contributed by atoms with Crippen LogP contribution in [0, 0.1) is 5.92 Å².